The third kappa shape index (κ3) is 7.03. The van der Waals surface area contributed by atoms with Gasteiger partial charge in [0.2, 0.25) is 5.91 Å². The van der Waals surface area contributed by atoms with Crippen molar-refractivity contribution >= 4 is 50.7 Å². The lowest BCUT2D eigenvalue weighted by atomic mass is 10.2. The number of benzene rings is 2. The molecule has 8 heteroatoms. The van der Waals surface area contributed by atoms with Gasteiger partial charge in [-0.25, -0.2) is 5.43 Å². The highest BCUT2D eigenvalue weighted by atomic mass is 79.9. The number of halogens is 2. The summed E-state index contributed by atoms with van der Waals surface area (Å²) in [5.74, 6) is -0.137. The highest BCUT2D eigenvalue weighted by molar-refractivity contribution is 9.10. The molecule has 2 aromatic rings. The normalized spacial score (nSPS) is 11.0. The lowest BCUT2D eigenvalue weighted by molar-refractivity contribution is -0.123. The van der Waals surface area contributed by atoms with Crippen LogP contribution >= 0.6 is 27.5 Å². The quantitative estimate of drug-likeness (QED) is 0.485. The fourth-order valence-corrected chi connectivity index (χ4v) is 2.88. The molecule has 142 valence electrons. The number of rotatable bonds is 7. The van der Waals surface area contributed by atoms with Crippen molar-refractivity contribution in [2.24, 2.45) is 5.10 Å². The third-order valence-corrected chi connectivity index (χ3v) is 4.33. The average Bonchev–Trinajstić information content (AvgIpc) is 2.61. The first kappa shape index (κ1) is 20.9. The van der Waals surface area contributed by atoms with Gasteiger partial charge in [-0.3, -0.25) is 9.59 Å². The molecule has 0 fully saturated rings. The van der Waals surface area contributed by atoms with Gasteiger partial charge in [-0.1, -0.05) is 29.8 Å². The monoisotopic (exact) mass is 451 g/mol. The maximum absolute atomic E-state index is 12.0. The van der Waals surface area contributed by atoms with Crippen molar-refractivity contribution in [3.63, 3.8) is 0 Å². The number of hydrogen-bond donors (Lipinski definition) is 2. The molecule has 27 heavy (non-hydrogen) atoms. The Morgan fingerprint density at radius 1 is 1.19 bits per heavy atom. The summed E-state index contributed by atoms with van der Waals surface area (Å²) >= 11 is 9.37. The van der Waals surface area contributed by atoms with E-state index in [4.69, 9.17) is 16.3 Å². The number of para-hydroxylation sites is 1. The summed E-state index contributed by atoms with van der Waals surface area (Å²) in [7, 11) is 0. The van der Waals surface area contributed by atoms with Gasteiger partial charge < -0.3 is 10.1 Å². The minimum absolute atomic E-state index is 0.0237. The second-order valence-electron chi connectivity index (χ2n) is 5.81. The van der Waals surface area contributed by atoms with Crippen LogP contribution in [0.4, 0.5) is 5.69 Å². The molecule has 0 saturated heterocycles. The standard InChI is InChI=1S/C19H19BrClN3O3/c1-12-7-8-17(14(20)9-12)27-11-19(26)24-23-13(2)10-18(25)22-16-6-4-3-5-15(16)21/h3-9H,10-11H2,1-2H3,(H,22,25)(H,24,26)/b23-13+. The van der Waals surface area contributed by atoms with Crippen molar-refractivity contribution in [2.45, 2.75) is 20.3 Å². The second-order valence-corrected chi connectivity index (χ2v) is 7.07. The Morgan fingerprint density at radius 3 is 2.63 bits per heavy atom. The second kappa shape index (κ2) is 10.1. The number of anilines is 1. The predicted molar refractivity (Wildman–Crippen MR) is 110 cm³/mol. The molecule has 0 spiro atoms. The van der Waals surface area contributed by atoms with E-state index in [1.54, 1.807) is 37.3 Å². The van der Waals surface area contributed by atoms with Crippen LogP contribution < -0.4 is 15.5 Å². The first-order chi connectivity index (χ1) is 12.8. The van der Waals surface area contributed by atoms with Crippen LogP contribution in [0.25, 0.3) is 0 Å². The molecule has 0 saturated carbocycles. The van der Waals surface area contributed by atoms with Gasteiger partial charge in [-0.05, 0) is 59.6 Å². The number of hydrazone groups is 1. The summed E-state index contributed by atoms with van der Waals surface area (Å²) in [5, 5.41) is 7.05. The summed E-state index contributed by atoms with van der Waals surface area (Å²) in [6.07, 6.45) is 0.0237. The number of ether oxygens (including phenoxy) is 1. The van der Waals surface area contributed by atoms with E-state index in [9.17, 15) is 9.59 Å². The van der Waals surface area contributed by atoms with Crippen molar-refractivity contribution in [1.29, 1.82) is 0 Å². The van der Waals surface area contributed by atoms with Gasteiger partial charge >= 0.3 is 0 Å². The third-order valence-electron chi connectivity index (χ3n) is 3.38. The predicted octanol–water partition coefficient (Wildman–Crippen LogP) is 4.31. The van der Waals surface area contributed by atoms with E-state index in [1.807, 2.05) is 19.1 Å². The zero-order valence-electron chi connectivity index (χ0n) is 14.9. The summed E-state index contributed by atoms with van der Waals surface area (Å²) < 4.78 is 6.21. The number of amides is 2. The maximum Gasteiger partial charge on any atom is 0.277 e. The van der Waals surface area contributed by atoms with Crippen LogP contribution in [0.5, 0.6) is 5.75 Å². The molecule has 2 amide bonds. The molecule has 0 unspecified atom stereocenters. The summed E-state index contributed by atoms with van der Waals surface area (Å²) in [5.41, 5.74) is 4.42. The fraction of sp³-hybridized carbons (Fsp3) is 0.211. The molecular formula is C19H19BrClN3O3. The Labute approximate surface area is 171 Å². The summed E-state index contributed by atoms with van der Waals surface area (Å²) in [6.45, 7) is 3.41. The van der Waals surface area contributed by atoms with Crippen molar-refractivity contribution < 1.29 is 14.3 Å². The highest BCUT2D eigenvalue weighted by Gasteiger charge is 2.08. The van der Waals surface area contributed by atoms with Crippen LogP contribution in [-0.2, 0) is 9.59 Å². The van der Waals surface area contributed by atoms with Gasteiger partial charge in [-0.15, -0.1) is 0 Å². The number of hydrogen-bond acceptors (Lipinski definition) is 4. The molecule has 0 aliphatic heterocycles. The number of nitrogens with one attached hydrogen (secondary N) is 2. The Hall–Kier alpha value is -2.38. The first-order valence-corrected chi connectivity index (χ1v) is 9.27. The van der Waals surface area contributed by atoms with Crippen LogP contribution in [0.2, 0.25) is 5.02 Å². The molecule has 2 N–H and O–H groups in total. The van der Waals surface area contributed by atoms with Gasteiger partial charge in [0.25, 0.3) is 5.91 Å². The van der Waals surface area contributed by atoms with Gasteiger partial charge in [0.05, 0.1) is 21.6 Å². The van der Waals surface area contributed by atoms with E-state index >= 15 is 0 Å². The molecule has 6 nitrogen and oxygen atoms in total. The zero-order valence-corrected chi connectivity index (χ0v) is 17.2. The van der Waals surface area contributed by atoms with E-state index in [-0.39, 0.29) is 18.9 Å². The first-order valence-electron chi connectivity index (χ1n) is 8.10. The number of carbonyl (C=O) groups excluding carboxylic acids is 2. The SMILES string of the molecule is C/C(CC(=O)Nc1ccccc1Cl)=N\NC(=O)COc1ccc(C)cc1Br. The average molecular weight is 453 g/mol. The van der Waals surface area contributed by atoms with Crippen molar-refractivity contribution in [3.05, 3.63) is 57.5 Å². The Kier molecular flexibility index (Phi) is 7.82. The molecule has 0 radical (unpaired) electrons. The molecular weight excluding hydrogens is 434 g/mol. The Balaban J connectivity index is 1.79. The van der Waals surface area contributed by atoms with Gasteiger partial charge in [-0.2, -0.15) is 5.10 Å². The van der Waals surface area contributed by atoms with E-state index in [0.717, 1.165) is 10.0 Å². The topological polar surface area (TPSA) is 79.8 Å². The molecule has 0 aromatic heterocycles. The maximum atomic E-state index is 12.0. The Morgan fingerprint density at radius 2 is 1.93 bits per heavy atom. The zero-order chi connectivity index (χ0) is 19.8. The van der Waals surface area contributed by atoms with Gasteiger partial charge in [0.15, 0.2) is 6.61 Å². The smallest absolute Gasteiger partial charge is 0.277 e. The van der Waals surface area contributed by atoms with E-state index in [2.05, 4.69) is 31.8 Å². The largest absolute Gasteiger partial charge is 0.483 e. The molecule has 0 aliphatic carbocycles. The van der Waals surface area contributed by atoms with Crippen LogP contribution in [0.3, 0.4) is 0 Å². The van der Waals surface area contributed by atoms with Crippen molar-refractivity contribution in [2.75, 3.05) is 11.9 Å². The molecule has 2 aromatic carbocycles. The van der Waals surface area contributed by atoms with Gasteiger partial charge in [0.1, 0.15) is 5.75 Å². The van der Waals surface area contributed by atoms with Crippen molar-refractivity contribution in [3.8, 4) is 5.75 Å². The van der Waals surface area contributed by atoms with Gasteiger partial charge in [0, 0.05) is 5.71 Å². The Bertz CT molecular complexity index is 871. The van der Waals surface area contributed by atoms with E-state index < -0.39 is 5.91 Å². The van der Waals surface area contributed by atoms with Crippen LogP contribution in [0.1, 0.15) is 18.9 Å². The number of nitrogens with zero attached hydrogens (tertiary/aromatic N) is 1. The van der Waals surface area contributed by atoms with Crippen LogP contribution in [0.15, 0.2) is 52.0 Å². The van der Waals surface area contributed by atoms with Crippen molar-refractivity contribution in [1.82, 2.24) is 5.43 Å². The number of aryl methyl sites for hydroxylation is 1. The highest BCUT2D eigenvalue weighted by Crippen LogP contribution is 2.25. The minimum atomic E-state index is -0.423. The molecule has 0 atom stereocenters. The fourth-order valence-electron chi connectivity index (χ4n) is 2.09. The molecule has 0 bridgehead atoms. The molecule has 2 rings (SSSR count). The van der Waals surface area contributed by atoms with Crippen LogP contribution in [-0.4, -0.2) is 24.1 Å². The summed E-state index contributed by atoms with van der Waals surface area (Å²) in [6, 6.07) is 12.5. The number of carbonyl (C=O) groups is 2. The van der Waals surface area contributed by atoms with E-state index in [0.29, 0.717) is 22.2 Å². The minimum Gasteiger partial charge on any atom is -0.483 e. The summed E-state index contributed by atoms with van der Waals surface area (Å²) in [4.78, 5) is 23.8. The van der Waals surface area contributed by atoms with E-state index in [1.165, 1.54) is 0 Å². The molecule has 0 heterocycles. The lowest BCUT2D eigenvalue weighted by Gasteiger charge is -2.08. The lowest BCUT2D eigenvalue weighted by Crippen LogP contribution is -2.26. The molecule has 0 aliphatic rings. The van der Waals surface area contributed by atoms with Crippen LogP contribution in [0, 0.1) is 6.92 Å².